The molecule has 1 saturated carbocycles. The highest BCUT2D eigenvalue weighted by Gasteiger charge is 2.44. The van der Waals surface area contributed by atoms with Gasteiger partial charge in [-0.2, -0.15) is 0 Å². The van der Waals surface area contributed by atoms with E-state index >= 15 is 0 Å². The van der Waals surface area contributed by atoms with Crippen LogP contribution in [0.25, 0.3) is 0 Å². The summed E-state index contributed by atoms with van der Waals surface area (Å²) in [5, 5.41) is 1.28. The van der Waals surface area contributed by atoms with Gasteiger partial charge in [-0.25, -0.2) is 5.06 Å². The largest absolute Gasteiger partial charge is 0.371 e. The van der Waals surface area contributed by atoms with Crippen LogP contribution < -0.4 is 4.90 Å². The summed E-state index contributed by atoms with van der Waals surface area (Å²) in [5.41, 5.74) is 2.35. The summed E-state index contributed by atoms with van der Waals surface area (Å²) in [6, 6.07) is 5.83. The van der Waals surface area contributed by atoms with Gasteiger partial charge in [0.2, 0.25) is 0 Å². The molecule has 1 saturated heterocycles. The Bertz CT molecular complexity index is 547. The van der Waals surface area contributed by atoms with E-state index in [0.29, 0.717) is 11.0 Å². The fraction of sp³-hybridized carbons (Fsp3) is 0.562. The molecule has 21 heavy (non-hydrogen) atoms. The Morgan fingerprint density at radius 2 is 1.95 bits per heavy atom. The van der Waals surface area contributed by atoms with Crippen LogP contribution in [-0.4, -0.2) is 38.2 Å². The molecular weight excluding hydrogens is 332 g/mol. The molecule has 114 valence electrons. The second kappa shape index (κ2) is 5.61. The first kappa shape index (κ1) is 14.9. The molecule has 1 aliphatic carbocycles. The Kier molecular flexibility index (Phi) is 3.97. The molecule has 0 unspecified atom stereocenters. The average molecular weight is 353 g/mol. The molecule has 0 aromatic heterocycles. The Morgan fingerprint density at radius 3 is 2.52 bits per heavy atom. The summed E-state index contributed by atoms with van der Waals surface area (Å²) in [5.74, 6) is -0.105. The molecule has 1 spiro atoms. The lowest BCUT2D eigenvalue weighted by Gasteiger charge is -2.35. The number of nitrogens with zero attached hydrogens (tertiary/aromatic N) is 2. The van der Waals surface area contributed by atoms with E-state index in [9.17, 15) is 4.79 Å². The molecule has 1 aliphatic heterocycles. The van der Waals surface area contributed by atoms with Crippen LogP contribution in [0.2, 0.25) is 0 Å². The zero-order valence-electron chi connectivity index (χ0n) is 12.6. The molecule has 1 aromatic carbocycles. The summed E-state index contributed by atoms with van der Waals surface area (Å²) in [6.45, 7) is 2.07. The maximum atomic E-state index is 12.4. The molecule has 2 fully saturated rings. The summed E-state index contributed by atoms with van der Waals surface area (Å²) in [7, 11) is 3.15. The van der Waals surface area contributed by atoms with Crippen molar-refractivity contribution >= 4 is 27.5 Å². The summed E-state index contributed by atoms with van der Waals surface area (Å²) in [6.07, 6.45) is 5.26. The van der Waals surface area contributed by atoms with Gasteiger partial charge in [0.1, 0.15) is 0 Å². The number of benzene rings is 1. The third-order valence-electron chi connectivity index (χ3n) is 4.87. The van der Waals surface area contributed by atoms with Crippen LogP contribution in [0.5, 0.6) is 0 Å². The molecule has 0 bridgehead atoms. The zero-order chi connectivity index (χ0) is 15.0. The van der Waals surface area contributed by atoms with Crippen LogP contribution in [0.15, 0.2) is 22.7 Å². The van der Waals surface area contributed by atoms with Crippen molar-refractivity contribution in [1.29, 1.82) is 0 Å². The second-order valence-electron chi connectivity index (χ2n) is 6.13. The summed E-state index contributed by atoms with van der Waals surface area (Å²) >= 11 is 3.52. The van der Waals surface area contributed by atoms with E-state index in [1.165, 1.54) is 37.9 Å². The number of rotatable bonds is 3. The number of anilines is 1. The highest BCUT2D eigenvalue weighted by molar-refractivity contribution is 9.10. The van der Waals surface area contributed by atoms with Crippen LogP contribution in [-0.2, 0) is 4.84 Å². The number of carbonyl (C=O) groups excluding carboxylic acids is 1. The zero-order valence-corrected chi connectivity index (χ0v) is 14.1. The van der Waals surface area contributed by atoms with Gasteiger partial charge in [0.25, 0.3) is 5.91 Å². The maximum absolute atomic E-state index is 12.4. The van der Waals surface area contributed by atoms with Crippen molar-refractivity contribution in [2.45, 2.75) is 25.7 Å². The smallest absolute Gasteiger partial charge is 0.279 e. The Morgan fingerprint density at radius 1 is 1.29 bits per heavy atom. The van der Waals surface area contributed by atoms with E-state index in [-0.39, 0.29) is 5.91 Å². The molecule has 0 radical (unpaired) electrons. The molecular formula is C16H21BrN2O2. The van der Waals surface area contributed by atoms with Crippen molar-refractivity contribution in [1.82, 2.24) is 5.06 Å². The van der Waals surface area contributed by atoms with Gasteiger partial charge in [-0.15, -0.1) is 0 Å². The number of hydroxylamine groups is 2. The number of amides is 1. The van der Waals surface area contributed by atoms with Gasteiger partial charge in [-0.1, -0.05) is 15.9 Å². The lowest BCUT2D eigenvalue weighted by atomic mass is 9.93. The van der Waals surface area contributed by atoms with Crippen molar-refractivity contribution in [2.24, 2.45) is 5.41 Å². The molecule has 1 heterocycles. The highest BCUT2D eigenvalue weighted by Crippen LogP contribution is 2.54. The topological polar surface area (TPSA) is 32.8 Å². The molecule has 1 aromatic rings. The van der Waals surface area contributed by atoms with E-state index in [0.717, 1.165) is 23.2 Å². The van der Waals surface area contributed by atoms with E-state index < -0.39 is 0 Å². The predicted molar refractivity (Wildman–Crippen MR) is 86.4 cm³/mol. The minimum atomic E-state index is -0.105. The van der Waals surface area contributed by atoms with E-state index in [4.69, 9.17) is 4.84 Å². The summed E-state index contributed by atoms with van der Waals surface area (Å²) < 4.78 is 1.00. The highest BCUT2D eigenvalue weighted by atomic mass is 79.9. The van der Waals surface area contributed by atoms with Gasteiger partial charge >= 0.3 is 0 Å². The second-order valence-corrected chi connectivity index (χ2v) is 7.05. The maximum Gasteiger partial charge on any atom is 0.279 e. The Balaban J connectivity index is 1.86. The fourth-order valence-corrected chi connectivity index (χ4v) is 3.45. The van der Waals surface area contributed by atoms with Crippen LogP contribution in [0, 0.1) is 5.41 Å². The third kappa shape index (κ3) is 2.94. The standard InChI is InChI=1S/C16H21BrN2O2/c1-18(21-2)15(20)13-4-3-12(17)11-14(13)19-9-7-16(5-6-16)8-10-19/h3-4,11H,5-10H2,1-2H3. The molecule has 2 aliphatic rings. The van der Waals surface area contributed by atoms with Gasteiger partial charge < -0.3 is 4.90 Å². The molecule has 0 atom stereocenters. The van der Waals surface area contributed by atoms with Gasteiger partial charge in [0, 0.05) is 24.6 Å². The normalized spacial score (nSPS) is 19.7. The Labute approximate surface area is 134 Å². The first-order chi connectivity index (χ1) is 10.0. The fourth-order valence-electron chi connectivity index (χ4n) is 3.10. The number of hydrogen-bond acceptors (Lipinski definition) is 3. The third-order valence-corrected chi connectivity index (χ3v) is 5.37. The molecule has 5 heteroatoms. The minimum Gasteiger partial charge on any atom is -0.371 e. The van der Waals surface area contributed by atoms with Crippen molar-refractivity contribution in [3.63, 3.8) is 0 Å². The SMILES string of the molecule is CON(C)C(=O)c1ccc(Br)cc1N1CCC2(CC1)CC2. The van der Waals surface area contributed by atoms with Gasteiger partial charge in [0.15, 0.2) is 0 Å². The van der Waals surface area contributed by atoms with Crippen LogP contribution in [0.3, 0.4) is 0 Å². The van der Waals surface area contributed by atoms with Gasteiger partial charge in [-0.05, 0) is 49.3 Å². The quantitative estimate of drug-likeness (QED) is 0.781. The number of hydrogen-bond donors (Lipinski definition) is 0. The predicted octanol–water partition coefficient (Wildman–Crippen LogP) is 3.46. The van der Waals surface area contributed by atoms with Crippen molar-refractivity contribution in [3.8, 4) is 0 Å². The lowest BCUT2D eigenvalue weighted by molar-refractivity contribution is -0.0756. The van der Waals surface area contributed by atoms with Gasteiger partial charge in [0.05, 0.1) is 18.4 Å². The van der Waals surface area contributed by atoms with Crippen LogP contribution in [0.4, 0.5) is 5.69 Å². The average Bonchev–Trinajstić information content (AvgIpc) is 3.25. The first-order valence-corrected chi connectivity index (χ1v) is 8.21. The molecule has 3 rings (SSSR count). The van der Waals surface area contributed by atoms with Crippen molar-refractivity contribution < 1.29 is 9.63 Å². The van der Waals surface area contributed by atoms with E-state index in [1.807, 2.05) is 18.2 Å². The van der Waals surface area contributed by atoms with Crippen molar-refractivity contribution in [3.05, 3.63) is 28.2 Å². The van der Waals surface area contributed by atoms with E-state index in [1.54, 1.807) is 7.05 Å². The minimum absolute atomic E-state index is 0.105. The molecule has 4 nitrogen and oxygen atoms in total. The van der Waals surface area contributed by atoms with Gasteiger partial charge in [-0.3, -0.25) is 9.63 Å². The van der Waals surface area contributed by atoms with Crippen LogP contribution in [0.1, 0.15) is 36.0 Å². The number of carbonyl (C=O) groups is 1. The van der Waals surface area contributed by atoms with Crippen molar-refractivity contribution in [2.75, 3.05) is 32.1 Å². The Hall–Kier alpha value is -1.07. The molecule has 1 amide bonds. The summed E-state index contributed by atoms with van der Waals surface area (Å²) in [4.78, 5) is 19.8. The first-order valence-electron chi connectivity index (χ1n) is 7.41. The number of piperidine rings is 1. The van der Waals surface area contributed by atoms with Crippen LogP contribution >= 0.6 is 15.9 Å². The van der Waals surface area contributed by atoms with E-state index in [2.05, 4.69) is 20.8 Å². The lowest BCUT2D eigenvalue weighted by Crippen LogP contribution is -2.36. The monoisotopic (exact) mass is 352 g/mol. The number of halogens is 1. The molecule has 0 N–H and O–H groups in total.